The lowest BCUT2D eigenvalue weighted by Gasteiger charge is -2.08. The highest BCUT2D eigenvalue weighted by atomic mass is 16.6. The van der Waals surface area contributed by atoms with E-state index in [4.69, 9.17) is 9.47 Å². The summed E-state index contributed by atoms with van der Waals surface area (Å²) in [7, 11) is 1.36. The zero-order valence-electron chi connectivity index (χ0n) is 11.5. The number of nitro groups is 1. The van der Waals surface area contributed by atoms with Crippen molar-refractivity contribution in [3.8, 4) is 17.2 Å². The second-order valence-electron chi connectivity index (χ2n) is 4.29. The van der Waals surface area contributed by atoms with Gasteiger partial charge in [-0.15, -0.1) is 0 Å². The summed E-state index contributed by atoms with van der Waals surface area (Å²) >= 11 is 0. The molecule has 0 fully saturated rings. The molecule has 0 amide bonds. The molecule has 1 heterocycles. The minimum absolute atomic E-state index is 0.162. The first-order valence-corrected chi connectivity index (χ1v) is 6.15. The molecule has 0 unspecified atom stereocenters. The summed E-state index contributed by atoms with van der Waals surface area (Å²) in [6.07, 6.45) is 0.777. The molecule has 110 valence electrons. The molecule has 1 atom stereocenters. The molecule has 0 aliphatic carbocycles. The molecule has 0 saturated heterocycles. The summed E-state index contributed by atoms with van der Waals surface area (Å²) in [6.45, 7) is 1.61. The Bertz CT molecular complexity index is 640. The monoisotopic (exact) mass is 290 g/mol. The largest absolute Gasteiger partial charge is 0.490 e. The van der Waals surface area contributed by atoms with Gasteiger partial charge in [-0.2, -0.15) is 0 Å². The lowest BCUT2D eigenvalue weighted by molar-refractivity contribution is -0.385. The van der Waals surface area contributed by atoms with Crippen LogP contribution in [-0.4, -0.2) is 22.1 Å². The molecule has 0 spiro atoms. The van der Waals surface area contributed by atoms with Crippen molar-refractivity contribution < 1.29 is 19.5 Å². The minimum atomic E-state index is -0.666. The van der Waals surface area contributed by atoms with Crippen molar-refractivity contribution in [1.82, 2.24) is 4.98 Å². The molecule has 0 aliphatic rings. The van der Waals surface area contributed by atoms with Crippen molar-refractivity contribution >= 4 is 5.69 Å². The topological polar surface area (TPSA) is 94.7 Å². The fraction of sp³-hybridized carbons (Fsp3) is 0.214. The Morgan fingerprint density at radius 3 is 2.52 bits per heavy atom. The van der Waals surface area contributed by atoms with E-state index < -0.39 is 11.0 Å². The molecular weight excluding hydrogens is 276 g/mol. The van der Waals surface area contributed by atoms with E-state index >= 15 is 0 Å². The van der Waals surface area contributed by atoms with E-state index in [0.29, 0.717) is 17.2 Å². The number of hydrogen-bond acceptors (Lipinski definition) is 6. The van der Waals surface area contributed by atoms with Crippen LogP contribution in [-0.2, 0) is 0 Å². The molecule has 21 heavy (non-hydrogen) atoms. The van der Waals surface area contributed by atoms with Gasteiger partial charge in [0.15, 0.2) is 5.75 Å². The molecular formula is C14H14N2O5. The number of aliphatic hydroxyl groups is 1. The molecule has 1 aromatic heterocycles. The quantitative estimate of drug-likeness (QED) is 0.672. The molecule has 0 radical (unpaired) electrons. The second-order valence-corrected chi connectivity index (χ2v) is 4.29. The van der Waals surface area contributed by atoms with Gasteiger partial charge in [-0.25, -0.2) is 0 Å². The smallest absolute Gasteiger partial charge is 0.314 e. The average Bonchev–Trinajstić information content (AvgIpc) is 2.47. The van der Waals surface area contributed by atoms with Crippen molar-refractivity contribution in [2.75, 3.05) is 7.11 Å². The fourth-order valence-electron chi connectivity index (χ4n) is 1.71. The molecule has 0 saturated carbocycles. The number of benzene rings is 1. The minimum Gasteiger partial charge on any atom is -0.490 e. The molecule has 2 aromatic rings. The maximum Gasteiger partial charge on any atom is 0.314 e. The molecule has 1 aromatic carbocycles. The summed E-state index contributed by atoms with van der Waals surface area (Å²) in [5, 5.41) is 20.3. The number of hydrogen-bond donors (Lipinski definition) is 1. The van der Waals surface area contributed by atoms with E-state index in [1.807, 2.05) is 0 Å². The van der Waals surface area contributed by atoms with E-state index in [0.717, 1.165) is 0 Å². The first kappa shape index (κ1) is 14.7. The summed E-state index contributed by atoms with van der Waals surface area (Å²) in [4.78, 5) is 14.4. The molecule has 7 heteroatoms. The van der Waals surface area contributed by atoms with Crippen molar-refractivity contribution in [3.05, 3.63) is 52.3 Å². The third kappa shape index (κ3) is 3.46. The number of pyridine rings is 1. The zero-order valence-corrected chi connectivity index (χ0v) is 11.5. The van der Waals surface area contributed by atoms with Gasteiger partial charge in [0.25, 0.3) is 0 Å². The molecule has 2 rings (SSSR count). The first-order valence-electron chi connectivity index (χ1n) is 6.15. The Labute approximate surface area is 120 Å². The Balaban J connectivity index is 2.23. The van der Waals surface area contributed by atoms with Crippen LogP contribution in [0.4, 0.5) is 5.69 Å². The first-order chi connectivity index (χ1) is 10.0. The summed E-state index contributed by atoms with van der Waals surface area (Å²) in [5.74, 6) is 0.878. The maximum atomic E-state index is 10.9. The third-order valence-electron chi connectivity index (χ3n) is 2.77. The van der Waals surface area contributed by atoms with Crippen LogP contribution < -0.4 is 9.47 Å². The van der Waals surface area contributed by atoms with E-state index in [9.17, 15) is 15.2 Å². The van der Waals surface area contributed by atoms with Gasteiger partial charge in [0, 0.05) is 0 Å². The predicted molar refractivity (Wildman–Crippen MR) is 74.6 cm³/mol. The highest BCUT2D eigenvalue weighted by Crippen LogP contribution is 2.32. The van der Waals surface area contributed by atoms with Crippen molar-refractivity contribution in [2.24, 2.45) is 0 Å². The van der Waals surface area contributed by atoms with E-state index in [2.05, 4.69) is 4.98 Å². The SMILES string of the molecule is COc1ccc(Oc2ccc([C@H](C)O)nc2)cc1[N+](=O)[O-]. The average molecular weight is 290 g/mol. The van der Waals surface area contributed by atoms with E-state index in [1.54, 1.807) is 25.1 Å². The van der Waals surface area contributed by atoms with Crippen molar-refractivity contribution in [1.29, 1.82) is 0 Å². The third-order valence-corrected chi connectivity index (χ3v) is 2.77. The number of aromatic nitrogens is 1. The molecule has 0 aliphatic heterocycles. The Kier molecular flexibility index (Phi) is 4.34. The van der Waals surface area contributed by atoms with E-state index in [1.165, 1.54) is 25.4 Å². The fourth-order valence-corrected chi connectivity index (χ4v) is 1.71. The summed E-state index contributed by atoms with van der Waals surface area (Å²) in [5.41, 5.74) is 0.339. The highest BCUT2D eigenvalue weighted by Gasteiger charge is 2.16. The number of nitro benzene ring substituents is 1. The lowest BCUT2D eigenvalue weighted by atomic mass is 10.2. The Hall–Kier alpha value is -2.67. The van der Waals surface area contributed by atoms with Crippen LogP contribution in [0.5, 0.6) is 17.2 Å². The summed E-state index contributed by atoms with van der Waals surface area (Å²) < 4.78 is 10.4. The number of ether oxygens (including phenoxy) is 2. The Morgan fingerprint density at radius 2 is 2.00 bits per heavy atom. The zero-order chi connectivity index (χ0) is 15.4. The van der Waals surface area contributed by atoms with Crippen LogP contribution in [0.3, 0.4) is 0 Å². The van der Waals surface area contributed by atoms with Gasteiger partial charge in [-0.3, -0.25) is 15.1 Å². The van der Waals surface area contributed by atoms with Crippen LogP contribution in [0.2, 0.25) is 0 Å². The standard InChI is InChI=1S/C14H14N2O5/c1-9(17)12-5-3-11(8-15-12)21-10-4-6-14(20-2)13(7-10)16(18)19/h3-9,17H,1-2H3/t9-/m0/s1. The van der Waals surface area contributed by atoms with Gasteiger partial charge in [0.2, 0.25) is 0 Å². The highest BCUT2D eigenvalue weighted by molar-refractivity contribution is 5.51. The molecule has 0 bridgehead atoms. The van der Waals surface area contributed by atoms with Gasteiger partial charge in [-0.05, 0) is 31.2 Å². The number of rotatable bonds is 5. The predicted octanol–water partition coefficient (Wildman–Crippen LogP) is 2.84. The van der Waals surface area contributed by atoms with Crippen LogP contribution in [0.1, 0.15) is 18.7 Å². The second kappa shape index (κ2) is 6.19. The normalized spacial score (nSPS) is 11.8. The van der Waals surface area contributed by atoms with Crippen molar-refractivity contribution in [2.45, 2.75) is 13.0 Å². The Morgan fingerprint density at radius 1 is 1.29 bits per heavy atom. The molecule has 7 nitrogen and oxygen atoms in total. The maximum absolute atomic E-state index is 10.9. The van der Waals surface area contributed by atoms with Gasteiger partial charge >= 0.3 is 5.69 Å². The number of methoxy groups -OCH3 is 1. The van der Waals surface area contributed by atoms with E-state index in [-0.39, 0.29) is 11.4 Å². The van der Waals surface area contributed by atoms with Crippen LogP contribution in [0, 0.1) is 10.1 Å². The number of aliphatic hydroxyl groups excluding tert-OH is 1. The van der Waals surface area contributed by atoms with Gasteiger partial charge in [0.05, 0.1) is 36.1 Å². The van der Waals surface area contributed by atoms with Gasteiger partial charge in [0.1, 0.15) is 11.5 Å². The number of nitrogens with zero attached hydrogens (tertiary/aromatic N) is 2. The van der Waals surface area contributed by atoms with Crippen LogP contribution >= 0.6 is 0 Å². The van der Waals surface area contributed by atoms with Gasteiger partial charge in [-0.1, -0.05) is 0 Å². The van der Waals surface area contributed by atoms with Crippen molar-refractivity contribution in [3.63, 3.8) is 0 Å². The van der Waals surface area contributed by atoms with Crippen LogP contribution in [0.15, 0.2) is 36.5 Å². The van der Waals surface area contributed by atoms with Crippen LogP contribution in [0.25, 0.3) is 0 Å². The molecule has 1 N–H and O–H groups in total. The van der Waals surface area contributed by atoms with Gasteiger partial charge < -0.3 is 14.6 Å². The summed E-state index contributed by atoms with van der Waals surface area (Å²) in [6, 6.07) is 7.56. The lowest BCUT2D eigenvalue weighted by Crippen LogP contribution is -1.96.